The molecule has 3 heterocycles. The zero-order valence-corrected chi connectivity index (χ0v) is 28.7. The first-order valence-electron chi connectivity index (χ1n) is 17.2. The van der Waals surface area contributed by atoms with Gasteiger partial charge in [0.25, 0.3) is 0 Å². The van der Waals surface area contributed by atoms with Crippen LogP contribution in [0.5, 0.6) is 0 Å². The largest absolute Gasteiger partial charge is 0.309 e. The highest BCUT2D eigenvalue weighted by Crippen LogP contribution is 2.38. The van der Waals surface area contributed by atoms with Crippen molar-refractivity contribution in [1.82, 2.24) is 24.5 Å². The second-order valence-electron chi connectivity index (χ2n) is 12.7. The molecular formula is C46H29N5S. The van der Waals surface area contributed by atoms with E-state index in [1.54, 1.807) is 11.3 Å². The standard InChI is InChI=1S/C46H29N5S/c1-4-13-30(14-5-1)43-48-44(31-15-6-2-7-16-31)50-45(49-43)34-23-25-39-42(29-34)52-46(47-39)35-18-12-17-32(27-35)33-24-26-41-38(28-33)37-21-10-11-22-40(37)51(41)36-19-8-3-9-20-36/h1-29H. The van der Waals surface area contributed by atoms with Crippen molar-refractivity contribution in [3.8, 4) is 61.5 Å². The van der Waals surface area contributed by atoms with E-state index in [4.69, 9.17) is 19.9 Å². The van der Waals surface area contributed by atoms with Crippen molar-refractivity contribution in [3.63, 3.8) is 0 Å². The summed E-state index contributed by atoms with van der Waals surface area (Å²) in [5.41, 5.74) is 10.7. The maximum Gasteiger partial charge on any atom is 0.164 e. The molecule has 0 saturated heterocycles. The zero-order chi connectivity index (χ0) is 34.4. The monoisotopic (exact) mass is 683 g/mol. The smallest absolute Gasteiger partial charge is 0.164 e. The predicted molar refractivity (Wildman–Crippen MR) is 215 cm³/mol. The van der Waals surface area contributed by atoms with Gasteiger partial charge in [0, 0.05) is 38.7 Å². The van der Waals surface area contributed by atoms with Gasteiger partial charge in [0.1, 0.15) is 5.01 Å². The highest BCUT2D eigenvalue weighted by atomic mass is 32.1. The van der Waals surface area contributed by atoms with Crippen molar-refractivity contribution in [2.45, 2.75) is 0 Å². The summed E-state index contributed by atoms with van der Waals surface area (Å²) in [6, 6.07) is 61.1. The summed E-state index contributed by atoms with van der Waals surface area (Å²) in [5.74, 6) is 1.93. The summed E-state index contributed by atoms with van der Waals surface area (Å²) >= 11 is 1.68. The van der Waals surface area contributed by atoms with Crippen molar-refractivity contribution >= 4 is 43.4 Å². The van der Waals surface area contributed by atoms with Crippen LogP contribution in [0.25, 0.3) is 93.6 Å². The van der Waals surface area contributed by atoms with Crippen LogP contribution in [0.15, 0.2) is 176 Å². The lowest BCUT2D eigenvalue weighted by molar-refractivity contribution is 1.07. The lowest BCUT2D eigenvalue weighted by Crippen LogP contribution is -1.99. The summed E-state index contributed by atoms with van der Waals surface area (Å²) in [6.07, 6.45) is 0. The van der Waals surface area contributed by atoms with Crippen LogP contribution in [-0.2, 0) is 0 Å². The van der Waals surface area contributed by atoms with Crippen molar-refractivity contribution in [1.29, 1.82) is 0 Å². The molecule has 52 heavy (non-hydrogen) atoms. The number of rotatable bonds is 6. The molecule has 0 saturated carbocycles. The lowest BCUT2D eigenvalue weighted by Gasteiger charge is -2.08. The van der Waals surface area contributed by atoms with E-state index in [9.17, 15) is 0 Å². The molecule has 3 aromatic heterocycles. The third-order valence-electron chi connectivity index (χ3n) is 9.48. The first-order chi connectivity index (χ1) is 25.7. The van der Waals surface area contributed by atoms with Crippen LogP contribution in [-0.4, -0.2) is 24.5 Å². The van der Waals surface area contributed by atoms with Gasteiger partial charge in [-0.1, -0.05) is 121 Å². The molecule has 10 aromatic rings. The van der Waals surface area contributed by atoms with Gasteiger partial charge >= 0.3 is 0 Å². The van der Waals surface area contributed by atoms with Crippen LogP contribution in [0.3, 0.4) is 0 Å². The number of hydrogen-bond acceptors (Lipinski definition) is 5. The molecular weight excluding hydrogens is 655 g/mol. The van der Waals surface area contributed by atoms with E-state index in [1.807, 2.05) is 60.7 Å². The molecule has 10 rings (SSSR count). The Balaban J connectivity index is 1.03. The second-order valence-corrected chi connectivity index (χ2v) is 13.8. The Morgan fingerprint density at radius 1 is 0.365 bits per heavy atom. The van der Waals surface area contributed by atoms with E-state index in [2.05, 4.69) is 120 Å². The summed E-state index contributed by atoms with van der Waals surface area (Å²) < 4.78 is 3.43. The van der Waals surface area contributed by atoms with Crippen molar-refractivity contribution in [2.24, 2.45) is 0 Å². The van der Waals surface area contributed by atoms with Crippen LogP contribution in [0.4, 0.5) is 0 Å². The maximum absolute atomic E-state index is 5.07. The Bertz CT molecular complexity index is 2840. The van der Waals surface area contributed by atoms with Crippen molar-refractivity contribution in [3.05, 3.63) is 176 Å². The Labute approximate surface area is 304 Å². The van der Waals surface area contributed by atoms with E-state index in [-0.39, 0.29) is 0 Å². The maximum atomic E-state index is 5.07. The molecule has 0 aliphatic carbocycles. The van der Waals surface area contributed by atoms with Crippen LogP contribution < -0.4 is 0 Å². The van der Waals surface area contributed by atoms with Gasteiger partial charge in [-0.05, 0) is 65.7 Å². The Kier molecular flexibility index (Phi) is 7.25. The van der Waals surface area contributed by atoms with Gasteiger partial charge in [0.2, 0.25) is 0 Å². The van der Waals surface area contributed by atoms with E-state index in [1.165, 1.54) is 27.4 Å². The molecule has 0 spiro atoms. The average Bonchev–Trinajstić information content (AvgIpc) is 3.81. The molecule has 6 heteroatoms. The van der Waals surface area contributed by atoms with Gasteiger partial charge in [-0.3, -0.25) is 0 Å². The SMILES string of the molecule is c1ccc(-c2nc(-c3ccccc3)nc(-c3ccc4nc(-c5cccc(-c6ccc7c(c6)c6ccccc6n7-c6ccccc6)c5)sc4c3)n2)cc1. The normalized spacial score (nSPS) is 11.5. The number of para-hydroxylation sites is 2. The van der Waals surface area contributed by atoms with Gasteiger partial charge < -0.3 is 4.57 Å². The Hall–Kier alpha value is -6.76. The quantitative estimate of drug-likeness (QED) is 0.175. The van der Waals surface area contributed by atoms with Gasteiger partial charge in [-0.15, -0.1) is 11.3 Å². The van der Waals surface area contributed by atoms with E-state index in [0.717, 1.165) is 48.7 Å². The summed E-state index contributed by atoms with van der Waals surface area (Å²) in [6.45, 7) is 0. The Morgan fingerprint density at radius 3 is 1.65 bits per heavy atom. The predicted octanol–water partition coefficient (Wildman–Crippen LogP) is 11.9. The lowest BCUT2D eigenvalue weighted by atomic mass is 10.0. The Morgan fingerprint density at radius 2 is 0.923 bits per heavy atom. The summed E-state index contributed by atoms with van der Waals surface area (Å²) in [4.78, 5) is 19.8. The van der Waals surface area contributed by atoms with E-state index in [0.29, 0.717) is 17.5 Å². The molecule has 0 aliphatic heterocycles. The minimum absolute atomic E-state index is 0.635. The van der Waals surface area contributed by atoms with Crippen molar-refractivity contribution in [2.75, 3.05) is 0 Å². The summed E-state index contributed by atoms with van der Waals surface area (Å²) in [7, 11) is 0. The van der Waals surface area contributed by atoms with Crippen LogP contribution >= 0.6 is 11.3 Å². The molecule has 0 N–H and O–H groups in total. The molecule has 0 unspecified atom stereocenters. The fraction of sp³-hybridized carbons (Fsp3) is 0. The molecule has 7 aromatic carbocycles. The van der Waals surface area contributed by atoms with Crippen LogP contribution in [0.2, 0.25) is 0 Å². The molecule has 0 atom stereocenters. The number of nitrogens with zero attached hydrogens (tertiary/aromatic N) is 5. The molecule has 0 radical (unpaired) electrons. The van der Waals surface area contributed by atoms with Crippen LogP contribution in [0, 0.1) is 0 Å². The zero-order valence-electron chi connectivity index (χ0n) is 27.9. The number of aromatic nitrogens is 5. The number of thiazole rings is 1. The number of benzene rings is 7. The third kappa shape index (κ3) is 5.34. The topological polar surface area (TPSA) is 56.5 Å². The molecule has 0 amide bonds. The average molecular weight is 684 g/mol. The first kappa shape index (κ1) is 30.1. The van der Waals surface area contributed by atoms with Gasteiger partial charge in [-0.2, -0.15) is 0 Å². The summed E-state index contributed by atoms with van der Waals surface area (Å²) in [5, 5.41) is 3.45. The highest BCUT2D eigenvalue weighted by Gasteiger charge is 2.16. The molecule has 244 valence electrons. The molecule has 5 nitrogen and oxygen atoms in total. The van der Waals surface area contributed by atoms with Crippen molar-refractivity contribution < 1.29 is 0 Å². The minimum atomic E-state index is 0.635. The fourth-order valence-corrected chi connectivity index (χ4v) is 7.97. The number of fused-ring (bicyclic) bond motifs is 4. The molecule has 0 aliphatic rings. The third-order valence-corrected chi connectivity index (χ3v) is 10.5. The van der Waals surface area contributed by atoms with Gasteiger partial charge in [0.15, 0.2) is 17.5 Å². The molecule has 0 bridgehead atoms. The highest BCUT2D eigenvalue weighted by molar-refractivity contribution is 7.21. The van der Waals surface area contributed by atoms with E-state index >= 15 is 0 Å². The minimum Gasteiger partial charge on any atom is -0.309 e. The fourth-order valence-electron chi connectivity index (χ4n) is 6.96. The van der Waals surface area contributed by atoms with E-state index < -0.39 is 0 Å². The van der Waals surface area contributed by atoms with Crippen LogP contribution in [0.1, 0.15) is 0 Å². The van der Waals surface area contributed by atoms with Gasteiger partial charge in [0.05, 0.1) is 21.3 Å². The first-order valence-corrected chi connectivity index (χ1v) is 18.0. The molecule has 0 fully saturated rings. The van der Waals surface area contributed by atoms with Gasteiger partial charge in [-0.25, -0.2) is 19.9 Å². The number of hydrogen-bond donors (Lipinski definition) is 0. The second kappa shape index (κ2) is 12.5.